The molecule has 0 bridgehead atoms. The average molecular weight is 311 g/mol. The normalized spacial score (nSPS) is 19.6. The van der Waals surface area contributed by atoms with Crippen molar-refractivity contribution in [1.29, 1.82) is 0 Å². The molecule has 0 aromatic rings. The zero-order chi connectivity index (χ0) is 15.9. The molecule has 0 aromatic carbocycles. The van der Waals surface area contributed by atoms with Gasteiger partial charge in [-0.15, -0.1) is 0 Å². The standard InChI is InChI=1S/C14H24F3NO3/c1-2-4-13(12(19)20)5-8-18(9-6-13)7-3-10-21-11-14(15,16)17/h2-11H2,1H3,(H,19,20). The van der Waals surface area contributed by atoms with Crippen molar-refractivity contribution in [2.24, 2.45) is 5.41 Å². The number of ether oxygens (including phenoxy) is 1. The summed E-state index contributed by atoms with van der Waals surface area (Å²) in [6.07, 6.45) is -0.988. The van der Waals surface area contributed by atoms with Gasteiger partial charge in [-0.25, -0.2) is 0 Å². The van der Waals surface area contributed by atoms with E-state index in [2.05, 4.69) is 9.64 Å². The zero-order valence-corrected chi connectivity index (χ0v) is 12.4. The average Bonchev–Trinajstić information content (AvgIpc) is 2.39. The Bertz CT molecular complexity index is 326. The van der Waals surface area contributed by atoms with Crippen molar-refractivity contribution in [1.82, 2.24) is 4.90 Å². The van der Waals surface area contributed by atoms with Gasteiger partial charge in [-0.3, -0.25) is 4.79 Å². The first kappa shape index (κ1) is 18.2. The maximum atomic E-state index is 11.9. The lowest BCUT2D eigenvalue weighted by molar-refractivity contribution is -0.174. The Labute approximate surface area is 123 Å². The van der Waals surface area contributed by atoms with Crippen LogP contribution >= 0.6 is 0 Å². The number of aliphatic carboxylic acids is 1. The van der Waals surface area contributed by atoms with E-state index in [9.17, 15) is 23.1 Å². The number of hydrogen-bond donors (Lipinski definition) is 1. The summed E-state index contributed by atoms with van der Waals surface area (Å²) in [5, 5.41) is 9.38. The number of carbonyl (C=O) groups is 1. The molecule has 0 unspecified atom stereocenters. The minimum absolute atomic E-state index is 0.0784. The molecule has 0 radical (unpaired) electrons. The number of nitrogens with zero attached hydrogens (tertiary/aromatic N) is 1. The summed E-state index contributed by atoms with van der Waals surface area (Å²) >= 11 is 0. The predicted molar refractivity (Wildman–Crippen MR) is 72.1 cm³/mol. The Kier molecular flexibility index (Phi) is 6.93. The molecule has 1 N–H and O–H groups in total. The molecule has 21 heavy (non-hydrogen) atoms. The number of alkyl halides is 3. The topological polar surface area (TPSA) is 49.8 Å². The van der Waals surface area contributed by atoms with Crippen molar-refractivity contribution in [2.45, 2.75) is 45.2 Å². The van der Waals surface area contributed by atoms with Crippen LogP contribution in [0.1, 0.15) is 39.0 Å². The third-order valence-electron chi connectivity index (χ3n) is 4.02. The first-order valence-corrected chi connectivity index (χ1v) is 7.39. The van der Waals surface area contributed by atoms with Crippen LogP contribution in [0, 0.1) is 5.41 Å². The van der Waals surface area contributed by atoms with Crippen LogP contribution in [0.15, 0.2) is 0 Å². The fourth-order valence-electron chi connectivity index (χ4n) is 2.83. The van der Waals surface area contributed by atoms with Gasteiger partial charge in [0.15, 0.2) is 0 Å². The molecule has 1 fully saturated rings. The van der Waals surface area contributed by atoms with Gasteiger partial charge in [0, 0.05) is 13.2 Å². The van der Waals surface area contributed by atoms with Crippen LogP contribution in [0.5, 0.6) is 0 Å². The van der Waals surface area contributed by atoms with Gasteiger partial charge in [0.2, 0.25) is 0 Å². The van der Waals surface area contributed by atoms with Gasteiger partial charge >= 0.3 is 12.1 Å². The van der Waals surface area contributed by atoms with Gasteiger partial charge in [-0.2, -0.15) is 13.2 Å². The Hall–Kier alpha value is -0.820. The Balaban J connectivity index is 2.22. The van der Waals surface area contributed by atoms with E-state index in [-0.39, 0.29) is 6.61 Å². The summed E-state index contributed by atoms with van der Waals surface area (Å²) in [5.74, 6) is -0.725. The molecule has 1 saturated heterocycles. The molecule has 0 saturated carbocycles. The highest BCUT2D eigenvalue weighted by Crippen LogP contribution is 2.36. The predicted octanol–water partition coefficient (Wildman–Crippen LogP) is 2.92. The Morgan fingerprint density at radius 3 is 2.43 bits per heavy atom. The van der Waals surface area contributed by atoms with E-state index in [1.807, 2.05) is 6.92 Å². The van der Waals surface area contributed by atoms with E-state index in [1.54, 1.807) is 0 Å². The zero-order valence-electron chi connectivity index (χ0n) is 12.4. The van der Waals surface area contributed by atoms with E-state index in [1.165, 1.54) is 0 Å². The number of rotatable bonds is 8. The minimum Gasteiger partial charge on any atom is -0.481 e. The lowest BCUT2D eigenvalue weighted by Crippen LogP contribution is -2.44. The summed E-state index contributed by atoms with van der Waals surface area (Å²) in [6.45, 7) is 2.88. The van der Waals surface area contributed by atoms with Crippen LogP contribution in [0.25, 0.3) is 0 Å². The smallest absolute Gasteiger partial charge is 0.411 e. The largest absolute Gasteiger partial charge is 0.481 e. The molecule has 0 amide bonds. The Morgan fingerprint density at radius 2 is 1.95 bits per heavy atom. The molecule has 0 aliphatic carbocycles. The van der Waals surface area contributed by atoms with Gasteiger partial charge < -0.3 is 14.7 Å². The number of halogens is 3. The fourth-order valence-corrected chi connectivity index (χ4v) is 2.83. The minimum atomic E-state index is -4.27. The number of carboxylic acids is 1. The maximum absolute atomic E-state index is 11.9. The van der Waals surface area contributed by atoms with E-state index >= 15 is 0 Å². The second kappa shape index (κ2) is 7.98. The van der Waals surface area contributed by atoms with E-state index in [0.717, 1.165) is 6.42 Å². The molecule has 1 heterocycles. The van der Waals surface area contributed by atoms with Crippen molar-refractivity contribution in [3.05, 3.63) is 0 Å². The number of piperidine rings is 1. The summed E-state index contributed by atoms with van der Waals surface area (Å²) in [7, 11) is 0. The Morgan fingerprint density at radius 1 is 1.33 bits per heavy atom. The first-order chi connectivity index (χ1) is 9.79. The van der Waals surface area contributed by atoms with Crippen molar-refractivity contribution in [3.8, 4) is 0 Å². The van der Waals surface area contributed by atoms with Crippen LogP contribution in [0.2, 0.25) is 0 Å². The maximum Gasteiger partial charge on any atom is 0.411 e. The molecule has 124 valence electrons. The van der Waals surface area contributed by atoms with E-state index in [0.29, 0.717) is 45.3 Å². The van der Waals surface area contributed by atoms with Crippen molar-refractivity contribution in [3.63, 3.8) is 0 Å². The first-order valence-electron chi connectivity index (χ1n) is 7.39. The quantitative estimate of drug-likeness (QED) is 0.700. The van der Waals surface area contributed by atoms with Crippen molar-refractivity contribution >= 4 is 5.97 Å². The molecular formula is C14H24F3NO3. The molecule has 1 aliphatic rings. The van der Waals surface area contributed by atoms with E-state index in [4.69, 9.17) is 0 Å². The third kappa shape index (κ3) is 6.22. The van der Waals surface area contributed by atoms with Gasteiger partial charge in [0.1, 0.15) is 6.61 Å². The molecule has 4 nitrogen and oxygen atoms in total. The fraction of sp³-hybridized carbons (Fsp3) is 0.929. The van der Waals surface area contributed by atoms with Crippen molar-refractivity contribution in [2.75, 3.05) is 32.8 Å². The molecule has 0 spiro atoms. The molecule has 0 aromatic heterocycles. The van der Waals surface area contributed by atoms with Gasteiger partial charge in [-0.1, -0.05) is 13.3 Å². The highest BCUT2D eigenvalue weighted by Gasteiger charge is 2.40. The number of hydrogen-bond acceptors (Lipinski definition) is 3. The van der Waals surface area contributed by atoms with Gasteiger partial charge in [-0.05, 0) is 38.8 Å². The second-order valence-corrected chi connectivity index (χ2v) is 5.70. The number of likely N-dealkylation sites (tertiary alicyclic amines) is 1. The second-order valence-electron chi connectivity index (χ2n) is 5.70. The van der Waals surface area contributed by atoms with Gasteiger partial charge in [0.05, 0.1) is 5.41 Å². The molecule has 1 rings (SSSR count). The van der Waals surface area contributed by atoms with Gasteiger partial charge in [0.25, 0.3) is 0 Å². The monoisotopic (exact) mass is 311 g/mol. The van der Waals surface area contributed by atoms with Crippen LogP contribution in [0.4, 0.5) is 13.2 Å². The summed E-state index contributed by atoms with van der Waals surface area (Å²) in [5.41, 5.74) is -0.613. The lowest BCUT2D eigenvalue weighted by Gasteiger charge is -2.38. The molecule has 0 atom stereocenters. The van der Waals surface area contributed by atoms with Crippen LogP contribution in [0.3, 0.4) is 0 Å². The summed E-state index contributed by atoms with van der Waals surface area (Å²) < 4.78 is 40.2. The van der Waals surface area contributed by atoms with Crippen LogP contribution < -0.4 is 0 Å². The lowest BCUT2D eigenvalue weighted by atomic mass is 9.75. The number of carboxylic acid groups (broad SMARTS) is 1. The highest BCUT2D eigenvalue weighted by molar-refractivity contribution is 5.74. The molecular weight excluding hydrogens is 287 g/mol. The SMILES string of the molecule is CCCC1(C(=O)O)CCN(CCCOCC(F)(F)F)CC1. The molecule has 1 aliphatic heterocycles. The van der Waals surface area contributed by atoms with Crippen LogP contribution in [-0.4, -0.2) is 55.0 Å². The highest BCUT2D eigenvalue weighted by atomic mass is 19.4. The van der Waals surface area contributed by atoms with Crippen molar-refractivity contribution < 1.29 is 27.8 Å². The summed E-state index contributed by atoms with van der Waals surface area (Å²) in [4.78, 5) is 13.5. The third-order valence-corrected chi connectivity index (χ3v) is 4.02. The molecule has 7 heteroatoms. The van der Waals surface area contributed by atoms with E-state index < -0.39 is 24.2 Å². The summed E-state index contributed by atoms with van der Waals surface area (Å²) in [6, 6.07) is 0. The van der Waals surface area contributed by atoms with Crippen LogP contribution in [-0.2, 0) is 9.53 Å².